The van der Waals surface area contributed by atoms with E-state index in [1.54, 1.807) is 24.3 Å². The van der Waals surface area contributed by atoms with E-state index in [0.717, 1.165) is 30.5 Å². The van der Waals surface area contributed by atoms with Crippen molar-refractivity contribution in [2.75, 3.05) is 13.2 Å². The zero-order chi connectivity index (χ0) is 26.6. The lowest BCUT2D eigenvalue weighted by Crippen LogP contribution is -2.54. The van der Waals surface area contributed by atoms with Crippen LogP contribution in [0.3, 0.4) is 0 Å². The van der Waals surface area contributed by atoms with Crippen LogP contribution in [0.5, 0.6) is 0 Å². The summed E-state index contributed by atoms with van der Waals surface area (Å²) in [7, 11) is 0. The molecule has 4 unspecified atom stereocenters. The van der Waals surface area contributed by atoms with Gasteiger partial charge in [-0.15, -0.1) is 0 Å². The van der Waals surface area contributed by atoms with Crippen LogP contribution in [0.4, 0.5) is 0 Å². The van der Waals surface area contributed by atoms with E-state index in [0.29, 0.717) is 6.42 Å². The third kappa shape index (κ3) is 9.00. The molecule has 0 aliphatic carbocycles. The molecule has 1 aliphatic rings. The molecule has 1 saturated heterocycles. The Morgan fingerprint density at radius 3 is 2.03 bits per heavy atom. The van der Waals surface area contributed by atoms with Gasteiger partial charge in [-0.05, 0) is 36.9 Å². The number of amides is 3. The van der Waals surface area contributed by atoms with Gasteiger partial charge in [-0.25, -0.2) is 4.79 Å². The van der Waals surface area contributed by atoms with Gasteiger partial charge < -0.3 is 31.5 Å². The maximum Gasteiger partial charge on any atom is 0.328 e. The van der Waals surface area contributed by atoms with Gasteiger partial charge in [0, 0.05) is 18.9 Å². The first-order valence-electron chi connectivity index (χ1n) is 12.4. The lowest BCUT2D eigenvalue weighted by Gasteiger charge is -2.24. The zero-order valence-electron chi connectivity index (χ0n) is 20.6. The fourth-order valence-electron chi connectivity index (χ4n) is 4.28. The van der Waals surface area contributed by atoms with E-state index in [1.807, 2.05) is 36.4 Å². The predicted molar refractivity (Wildman–Crippen MR) is 136 cm³/mol. The fourth-order valence-corrected chi connectivity index (χ4v) is 4.28. The Bertz CT molecular complexity index is 1040. The van der Waals surface area contributed by atoms with Crippen LogP contribution in [0, 0.1) is 0 Å². The van der Waals surface area contributed by atoms with Crippen LogP contribution in [0.1, 0.15) is 30.4 Å². The van der Waals surface area contributed by atoms with Crippen molar-refractivity contribution in [3.63, 3.8) is 0 Å². The zero-order valence-corrected chi connectivity index (χ0v) is 20.6. The third-order valence-electron chi connectivity index (χ3n) is 6.21. The van der Waals surface area contributed by atoms with Gasteiger partial charge in [0.1, 0.15) is 12.1 Å². The van der Waals surface area contributed by atoms with Gasteiger partial charge in [0.2, 0.25) is 17.7 Å². The Morgan fingerprint density at radius 1 is 0.865 bits per heavy atom. The standard InChI is InChI=1S/C27H34N4O6/c32-17-23(27(36)37)31-26(35)22(15-19-10-5-2-6-11-19)30-24(33)16-20(14-18-8-3-1-4-9-18)29-25(34)21-12-7-13-28-21/h1-6,8-11,20-23,28,32H,7,12-17H2,(H,29,34)(H,30,33)(H,31,35)(H,36,37). The van der Waals surface area contributed by atoms with Crippen molar-refractivity contribution in [2.45, 2.75) is 56.3 Å². The molecule has 2 aromatic carbocycles. The van der Waals surface area contributed by atoms with E-state index in [9.17, 15) is 29.4 Å². The van der Waals surface area contributed by atoms with Gasteiger partial charge in [-0.1, -0.05) is 60.7 Å². The summed E-state index contributed by atoms with van der Waals surface area (Å²) in [4.78, 5) is 50.1. The number of carboxylic acid groups (broad SMARTS) is 1. The maximum atomic E-state index is 13.1. The van der Waals surface area contributed by atoms with Gasteiger partial charge >= 0.3 is 5.97 Å². The Morgan fingerprint density at radius 2 is 1.49 bits per heavy atom. The molecule has 10 nitrogen and oxygen atoms in total. The highest BCUT2D eigenvalue weighted by Gasteiger charge is 2.29. The molecule has 1 aliphatic heterocycles. The van der Waals surface area contributed by atoms with Gasteiger partial charge in [-0.2, -0.15) is 0 Å². The van der Waals surface area contributed by atoms with Gasteiger partial charge in [0.15, 0.2) is 0 Å². The summed E-state index contributed by atoms with van der Waals surface area (Å²) in [6.07, 6.45) is 2.11. The number of carbonyl (C=O) groups excluding carboxylic acids is 3. The van der Waals surface area contributed by atoms with Crippen LogP contribution in [-0.2, 0) is 32.0 Å². The van der Waals surface area contributed by atoms with Crippen LogP contribution >= 0.6 is 0 Å². The summed E-state index contributed by atoms with van der Waals surface area (Å²) in [5.41, 5.74) is 1.71. The molecule has 0 radical (unpaired) electrons. The molecule has 37 heavy (non-hydrogen) atoms. The Labute approximate surface area is 215 Å². The number of nitrogens with one attached hydrogen (secondary N) is 4. The van der Waals surface area contributed by atoms with E-state index in [-0.39, 0.29) is 24.8 Å². The van der Waals surface area contributed by atoms with E-state index in [1.165, 1.54) is 0 Å². The first-order chi connectivity index (χ1) is 17.9. The monoisotopic (exact) mass is 510 g/mol. The van der Waals surface area contributed by atoms with Crippen molar-refractivity contribution in [1.29, 1.82) is 0 Å². The van der Waals surface area contributed by atoms with Crippen molar-refractivity contribution in [3.05, 3.63) is 71.8 Å². The van der Waals surface area contributed by atoms with Gasteiger partial charge in [-0.3, -0.25) is 14.4 Å². The fraction of sp³-hybridized carbons (Fsp3) is 0.407. The molecule has 1 fully saturated rings. The minimum Gasteiger partial charge on any atom is -0.480 e. The van der Waals surface area contributed by atoms with Crippen LogP contribution < -0.4 is 21.3 Å². The largest absolute Gasteiger partial charge is 0.480 e. The topological polar surface area (TPSA) is 157 Å². The first-order valence-corrected chi connectivity index (χ1v) is 12.4. The number of aliphatic carboxylic acids is 1. The average Bonchev–Trinajstić information content (AvgIpc) is 3.43. The second-order valence-corrected chi connectivity index (χ2v) is 9.14. The summed E-state index contributed by atoms with van der Waals surface area (Å²) in [5, 5.41) is 29.6. The van der Waals surface area contributed by atoms with Crippen molar-refractivity contribution in [1.82, 2.24) is 21.3 Å². The van der Waals surface area contributed by atoms with E-state index in [4.69, 9.17) is 0 Å². The average molecular weight is 511 g/mol. The maximum absolute atomic E-state index is 13.1. The van der Waals surface area contributed by atoms with E-state index >= 15 is 0 Å². The summed E-state index contributed by atoms with van der Waals surface area (Å²) >= 11 is 0. The second-order valence-electron chi connectivity index (χ2n) is 9.14. The molecular formula is C27H34N4O6. The number of aliphatic hydroxyl groups is 1. The number of rotatable bonds is 13. The van der Waals surface area contributed by atoms with Crippen LogP contribution in [0.2, 0.25) is 0 Å². The molecule has 3 rings (SSSR count). The van der Waals surface area contributed by atoms with Gasteiger partial charge in [0.05, 0.1) is 12.6 Å². The molecule has 198 valence electrons. The van der Waals surface area contributed by atoms with Crippen LogP contribution in [0.25, 0.3) is 0 Å². The second kappa shape index (κ2) is 14.1. The normalized spacial score (nSPS) is 17.3. The van der Waals surface area contributed by atoms with Crippen molar-refractivity contribution < 1.29 is 29.4 Å². The molecule has 6 N–H and O–H groups in total. The van der Waals surface area contributed by atoms with Crippen LogP contribution in [0.15, 0.2) is 60.7 Å². The first kappa shape index (κ1) is 27.8. The molecule has 4 atom stereocenters. The number of benzene rings is 2. The van der Waals surface area contributed by atoms with E-state index < -0.39 is 42.5 Å². The Kier molecular flexibility index (Phi) is 10.6. The molecule has 2 aromatic rings. The highest BCUT2D eigenvalue weighted by atomic mass is 16.4. The number of aliphatic hydroxyl groups excluding tert-OH is 1. The van der Waals surface area contributed by atoms with Crippen molar-refractivity contribution in [2.24, 2.45) is 0 Å². The molecule has 0 saturated carbocycles. The third-order valence-corrected chi connectivity index (χ3v) is 6.21. The molecular weight excluding hydrogens is 476 g/mol. The van der Waals surface area contributed by atoms with Gasteiger partial charge in [0.25, 0.3) is 0 Å². The van der Waals surface area contributed by atoms with Crippen molar-refractivity contribution in [3.8, 4) is 0 Å². The Hall–Kier alpha value is -3.76. The molecule has 10 heteroatoms. The number of hydrogen-bond acceptors (Lipinski definition) is 6. The lowest BCUT2D eigenvalue weighted by molar-refractivity contribution is -0.143. The SMILES string of the molecule is O=C(CC(Cc1ccccc1)NC(=O)C1CCCN1)NC(Cc1ccccc1)C(=O)NC(CO)C(=O)O. The highest BCUT2D eigenvalue weighted by Crippen LogP contribution is 2.11. The molecule has 0 spiro atoms. The smallest absolute Gasteiger partial charge is 0.328 e. The highest BCUT2D eigenvalue weighted by molar-refractivity contribution is 5.91. The number of carbonyl (C=O) groups is 4. The lowest BCUT2D eigenvalue weighted by atomic mass is 10.0. The Balaban J connectivity index is 1.72. The summed E-state index contributed by atoms with van der Waals surface area (Å²) < 4.78 is 0. The molecule has 1 heterocycles. The number of carboxylic acids is 1. The van der Waals surface area contributed by atoms with Crippen LogP contribution in [-0.4, -0.2) is 71.2 Å². The summed E-state index contributed by atoms with van der Waals surface area (Å²) in [6.45, 7) is -0.0170. The minimum absolute atomic E-state index is 0.0751. The predicted octanol–water partition coefficient (Wildman–Crippen LogP) is 0.145. The minimum atomic E-state index is -1.49. The summed E-state index contributed by atoms with van der Waals surface area (Å²) in [6, 6.07) is 15.1. The van der Waals surface area contributed by atoms with E-state index in [2.05, 4.69) is 21.3 Å². The molecule has 0 bridgehead atoms. The molecule has 3 amide bonds. The number of hydrogen-bond donors (Lipinski definition) is 6. The summed E-state index contributed by atoms with van der Waals surface area (Å²) in [5.74, 6) is -2.74. The quantitative estimate of drug-likeness (QED) is 0.224. The molecule has 0 aromatic heterocycles. The van der Waals surface area contributed by atoms with Crippen molar-refractivity contribution >= 4 is 23.7 Å².